The van der Waals surface area contributed by atoms with Crippen LogP contribution in [0.25, 0.3) is 0 Å². The highest BCUT2D eigenvalue weighted by molar-refractivity contribution is 5.34. The first-order valence-corrected chi connectivity index (χ1v) is 11.3. The van der Waals surface area contributed by atoms with Gasteiger partial charge in [0.1, 0.15) is 0 Å². The number of hydrogen-bond acceptors (Lipinski definition) is 6. The second kappa shape index (κ2) is 8.12. The van der Waals surface area contributed by atoms with E-state index in [-0.39, 0.29) is 11.7 Å². The zero-order chi connectivity index (χ0) is 20.7. The van der Waals surface area contributed by atoms with Crippen LogP contribution < -0.4 is 10.5 Å². The fraction of sp³-hybridized carbons (Fsp3) is 0.609. The second-order valence-electron chi connectivity index (χ2n) is 9.18. The number of aliphatic hydroxyl groups is 1. The number of aryl methyl sites for hydroxylation is 1. The van der Waals surface area contributed by atoms with Crippen LogP contribution in [0.1, 0.15) is 48.9 Å². The van der Waals surface area contributed by atoms with Crippen LogP contribution in [0.4, 0.5) is 5.95 Å². The van der Waals surface area contributed by atoms with E-state index in [1.807, 2.05) is 23.0 Å². The Hall–Kier alpha value is -2.25. The molecule has 0 aromatic carbocycles. The first-order valence-electron chi connectivity index (χ1n) is 11.3. The maximum Gasteiger partial charge on any atom is 0.255 e. The van der Waals surface area contributed by atoms with E-state index in [1.54, 1.807) is 0 Å². The van der Waals surface area contributed by atoms with Crippen molar-refractivity contribution in [3.8, 4) is 0 Å². The number of rotatable bonds is 4. The van der Waals surface area contributed by atoms with Crippen molar-refractivity contribution >= 4 is 5.95 Å². The van der Waals surface area contributed by atoms with Gasteiger partial charge in [0.2, 0.25) is 5.95 Å². The van der Waals surface area contributed by atoms with Gasteiger partial charge in [0, 0.05) is 62.3 Å². The van der Waals surface area contributed by atoms with Gasteiger partial charge < -0.3 is 14.6 Å². The average Bonchev–Trinajstić information content (AvgIpc) is 2.76. The van der Waals surface area contributed by atoms with E-state index in [0.29, 0.717) is 24.9 Å². The van der Waals surface area contributed by atoms with E-state index < -0.39 is 0 Å². The molecule has 160 valence electrons. The minimum atomic E-state index is -0.266. The summed E-state index contributed by atoms with van der Waals surface area (Å²) >= 11 is 0. The van der Waals surface area contributed by atoms with E-state index >= 15 is 0 Å². The lowest BCUT2D eigenvalue weighted by molar-refractivity contribution is 0.0665. The van der Waals surface area contributed by atoms with Crippen LogP contribution in [0.5, 0.6) is 0 Å². The lowest BCUT2D eigenvalue weighted by Crippen LogP contribution is -2.48. The molecule has 5 heterocycles. The van der Waals surface area contributed by atoms with Crippen molar-refractivity contribution < 1.29 is 5.11 Å². The Labute approximate surface area is 177 Å². The van der Waals surface area contributed by atoms with Crippen molar-refractivity contribution in [2.45, 2.75) is 57.7 Å². The van der Waals surface area contributed by atoms with Gasteiger partial charge >= 0.3 is 0 Å². The van der Waals surface area contributed by atoms with Crippen LogP contribution in [0.15, 0.2) is 29.3 Å². The molecule has 0 unspecified atom stereocenters. The highest BCUT2D eigenvalue weighted by Gasteiger charge is 2.36. The van der Waals surface area contributed by atoms with E-state index in [2.05, 4.69) is 32.8 Å². The maximum absolute atomic E-state index is 13.3. The highest BCUT2D eigenvalue weighted by atomic mass is 16.3. The minimum Gasteiger partial charge on any atom is -0.392 e. The largest absolute Gasteiger partial charge is 0.392 e. The number of anilines is 1. The SMILES string of the molecule is CCc1cnc(N2C[C@@H]3C[C@H](C2)c2ccc(CN4CCC[C@H](O)C4)c(=O)n2C3)nc1. The molecule has 2 bridgehead atoms. The molecule has 0 aliphatic carbocycles. The van der Waals surface area contributed by atoms with Gasteiger partial charge in [0.15, 0.2) is 0 Å². The molecule has 3 aliphatic rings. The van der Waals surface area contributed by atoms with Gasteiger partial charge in [-0.05, 0) is 49.8 Å². The molecule has 7 nitrogen and oxygen atoms in total. The molecule has 3 atom stereocenters. The minimum absolute atomic E-state index is 0.152. The Bertz CT molecular complexity index is 957. The van der Waals surface area contributed by atoms with Crippen molar-refractivity contribution in [1.82, 2.24) is 19.4 Å². The number of pyridine rings is 1. The number of fused-ring (bicyclic) bond motifs is 4. The molecular formula is C23H31N5O2. The first-order chi connectivity index (χ1) is 14.6. The first kappa shape index (κ1) is 19.7. The molecule has 0 amide bonds. The summed E-state index contributed by atoms with van der Waals surface area (Å²) in [4.78, 5) is 26.9. The van der Waals surface area contributed by atoms with Gasteiger partial charge in [0.05, 0.1) is 6.10 Å². The third-order valence-corrected chi connectivity index (χ3v) is 6.94. The normalized spacial score (nSPS) is 26.5. The van der Waals surface area contributed by atoms with Gasteiger partial charge in [-0.3, -0.25) is 9.69 Å². The van der Waals surface area contributed by atoms with Gasteiger partial charge in [-0.1, -0.05) is 13.0 Å². The van der Waals surface area contributed by atoms with Crippen LogP contribution in [0.2, 0.25) is 0 Å². The number of likely N-dealkylation sites (tertiary alicyclic amines) is 1. The lowest BCUT2D eigenvalue weighted by Gasteiger charge is -2.43. The molecule has 30 heavy (non-hydrogen) atoms. The zero-order valence-corrected chi connectivity index (χ0v) is 17.7. The smallest absolute Gasteiger partial charge is 0.255 e. The van der Waals surface area contributed by atoms with E-state index in [9.17, 15) is 9.90 Å². The molecule has 2 aromatic rings. The number of nitrogens with zero attached hydrogens (tertiary/aromatic N) is 5. The molecule has 3 aliphatic heterocycles. The Morgan fingerprint density at radius 1 is 1.13 bits per heavy atom. The molecule has 0 spiro atoms. The average molecular weight is 410 g/mol. The number of β-amino-alcohol motifs (C(OH)–C–C–N with tert-alkyl or cyclic N) is 1. The summed E-state index contributed by atoms with van der Waals surface area (Å²) in [5, 5.41) is 9.94. The monoisotopic (exact) mass is 409 g/mol. The van der Waals surface area contributed by atoms with E-state index in [1.165, 1.54) is 0 Å². The fourth-order valence-corrected chi connectivity index (χ4v) is 5.38. The summed E-state index contributed by atoms with van der Waals surface area (Å²) < 4.78 is 2.02. The van der Waals surface area contributed by atoms with Crippen molar-refractivity contribution in [2.24, 2.45) is 5.92 Å². The number of aromatic nitrogens is 3. The molecule has 2 saturated heterocycles. The van der Waals surface area contributed by atoms with Crippen LogP contribution >= 0.6 is 0 Å². The molecular weight excluding hydrogens is 378 g/mol. The fourth-order valence-electron chi connectivity index (χ4n) is 5.38. The molecule has 2 fully saturated rings. The predicted octanol–water partition coefficient (Wildman–Crippen LogP) is 1.78. The molecule has 0 saturated carbocycles. The lowest BCUT2D eigenvalue weighted by atomic mass is 9.83. The summed E-state index contributed by atoms with van der Waals surface area (Å²) in [6.07, 6.45) is 7.52. The van der Waals surface area contributed by atoms with E-state index in [0.717, 1.165) is 74.6 Å². The Morgan fingerprint density at radius 3 is 2.73 bits per heavy atom. The number of aliphatic hydroxyl groups excluding tert-OH is 1. The summed E-state index contributed by atoms with van der Waals surface area (Å²) in [6.45, 7) is 6.89. The van der Waals surface area contributed by atoms with Gasteiger partial charge in [-0.2, -0.15) is 0 Å². The highest BCUT2D eigenvalue weighted by Crippen LogP contribution is 2.36. The van der Waals surface area contributed by atoms with Gasteiger partial charge in [0.25, 0.3) is 5.56 Å². The summed E-state index contributed by atoms with van der Waals surface area (Å²) in [7, 11) is 0. The Kier molecular flexibility index (Phi) is 5.33. The number of piperidine rings is 2. The summed E-state index contributed by atoms with van der Waals surface area (Å²) in [5.41, 5.74) is 3.30. The third kappa shape index (κ3) is 3.76. The van der Waals surface area contributed by atoms with Crippen molar-refractivity contribution in [3.05, 3.63) is 51.7 Å². The van der Waals surface area contributed by atoms with Gasteiger partial charge in [-0.25, -0.2) is 9.97 Å². The van der Waals surface area contributed by atoms with Crippen molar-refractivity contribution in [3.63, 3.8) is 0 Å². The topological polar surface area (TPSA) is 74.5 Å². The maximum atomic E-state index is 13.3. The number of hydrogen-bond donors (Lipinski definition) is 1. The molecule has 1 N–H and O–H groups in total. The standard InChI is InChI=1S/C23H31N5O2/c1-2-16-9-24-23(25-10-16)27-11-17-8-19(14-27)21-6-5-18(22(30)28(21)12-17)13-26-7-3-4-20(29)15-26/h5-6,9-10,17,19-20,29H,2-4,7-8,11-15H2,1H3/t17-,19+,20-/m0/s1. The van der Waals surface area contributed by atoms with Crippen LogP contribution in [0.3, 0.4) is 0 Å². The van der Waals surface area contributed by atoms with Gasteiger partial charge in [-0.15, -0.1) is 0 Å². The molecule has 7 heteroatoms. The third-order valence-electron chi connectivity index (χ3n) is 6.94. The molecule has 5 rings (SSSR count). The Balaban J connectivity index is 1.36. The summed E-state index contributed by atoms with van der Waals surface area (Å²) in [5.74, 6) is 1.58. The second-order valence-corrected chi connectivity index (χ2v) is 9.18. The van der Waals surface area contributed by atoms with Crippen LogP contribution in [-0.4, -0.2) is 56.8 Å². The van der Waals surface area contributed by atoms with Crippen LogP contribution in [-0.2, 0) is 19.5 Å². The quantitative estimate of drug-likeness (QED) is 0.830. The predicted molar refractivity (Wildman–Crippen MR) is 116 cm³/mol. The van der Waals surface area contributed by atoms with Crippen molar-refractivity contribution in [1.29, 1.82) is 0 Å². The van der Waals surface area contributed by atoms with E-state index in [4.69, 9.17) is 0 Å². The van der Waals surface area contributed by atoms with Crippen molar-refractivity contribution in [2.75, 3.05) is 31.1 Å². The molecule has 0 radical (unpaired) electrons. The van der Waals surface area contributed by atoms with Crippen LogP contribution in [0, 0.1) is 5.92 Å². The molecule has 2 aromatic heterocycles. The Morgan fingerprint density at radius 2 is 1.97 bits per heavy atom. The zero-order valence-electron chi connectivity index (χ0n) is 17.7. The summed E-state index contributed by atoms with van der Waals surface area (Å²) in [6, 6.07) is 4.17.